The minimum absolute atomic E-state index is 0.0914. The number of carboxylic acid groups (broad SMARTS) is 1. The molecule has 7 nitrogen and oxygen atoms in total. The average Bonchev–Trinajstić information content (AvgIpc) is 2.33. The van der Waals surface area contributed by atoms with Gasteiger partial charge in [0.05, 0.1) is 15.8 Å². The van der Waals surface area contributed by atoms with Gasteiger partial charge in [0.15, 0.2) is 0 Å². The zero-order valence-corrected chi connectivity index (χ0v) is 12.2. The van der Waals surface area contributed by atoms with E-state index >= 15 is 0 Å². The molecule has 108 valence electrons. The van der Waals surface area contributed by atoms with E-state index in [4.69, 9.17) is 5.11 Å². The van der Waals surface area contributed by atoms with Crippen LogP contribution in [0.15, 0.2) is 16.7 Å². The first kappa shape index (κ1) is 14.7. The van der Waals surface area contributed by atoms with Crippen molar-refractivity contribution in [1.29, 1.82) is 0 Å². The van der Waals surface area contributed by atoms with E-state index in [1.165, 1.54) is 12.3 Å². The minimum atomic E-state index is -0.803. The van der Waals surface area contributed by atoms with Gasteiger partial charge in [0.25, 0.3) is 5.69 Å². The smallest absolute Gasteiger partial charge is 0.303 e. The van der Waals surface area contributed by atoms with Crippen molar-refractivity contribution in [3.05, 3.63) is 26.9 Å². The molecule has 1 aliphatic rings. The number of aliphatic carboxylic acids is 1. The van der Waals surface area contributed by atoms with Crippen molar-refractivity contribution >= 4 is 33.4 Å². The Bertz CT molecular complexity index is 546. The molecule has 1 saturated carbocycles. The van der Waals surface area contributed by atoms with Crippen molar-refractivity contribution in [3.8, 4) is 0 Å². The van der Waals surface area contributed by atoms with E-state index in [0.717, 1.165) is 19.3 Å². The molecule has 0 radical (unpaired) electrons. The Morgan fingerprint density at radius 2 is 2.30 bits per heavy atom. The Morgan fingerprint density at radius 3 is 2.75 bits per heavy atom. The normalized spacial score (nSPS) is 16.2. The van der Waals surface area contributed by atoms with Crippen LogP contribution in [0.1, 0.15) is 25.7 Å². The highest BCUT2D eigenvalue weighted by atomic mass is 79.9. The summed E-state index contributed by atoms with van der Waals surface area (Å²) in [7, 11) is 0. The van der Waals surface area contributed by atoms with E-state index in [1.54, 1.807) is 0 Å². The highest BCUT2D eigenvalue weighted by Crippen LogP contribution is 2.44. The number of hydrogen-bond acceptors (Lipinski definition) is 5. The van der Waals surface area contributed by atoms with Crippen molar-refractivity contribution in [1.82, 2.24) is 4.98 Å². The number of carbonyl (C=O) groups is 1. The molecule has 0 atom stereocenters. The Kier molecular flexibility index (Phi) is 4.22. The zero-order chi connectivity index (χ0) is 14.8. The average molecular weight is 344 g/mol. The maximum Gasteiger partial charge on any atom is 0.303 e. The molecule has 0 unspecified atom stereocenters. The van der Waals surface area contributed by atoms with Gasteiger partial charge in [0, 0.05) is 12.6 Å². The molecule has 1 aromatic heterocycles. The SMILES string of the molecule is O=C(O)CC1(CNc2ncc([N+](=O)[O-])cc2Br)CCC1. The van der Waals surface area contributed by atoms with Gasteiger partial charge < -0.3 is 10.4 Å². The summed E-state index contributed by atoms with van der Waals surface area (Å²) in [6, 6.07) is 1.37. The Labute approximate surface area is 123 Å². The van der Waals surface area contributed by atoms with Crippen LogP contribution in [0.3, 0.4) is 0 Å². The van der Waals surface area contributed by atoms with Crippen LogP contribution < -0.4 is 5.32 Å². The second-order valence-corrected chi connectivity index (χ2v) is 5.91. The number of nitrogens with one attached hydrogen (secondary N) is 1. The maximum atomic E-state index is 10.9. The van der Waals surface area contributed by atoms with Crippen molar-refractivity contribution < 1.29 is 14.8 Å². The maximum absolute atomic E-state index is 10.9. The molecule has 0 saturated heterocycles. The van der Waals surface area contributed by atoms with Crippen LogP contribution in [0.5, 0.6) is 0 Å². The number of carboxylic acids is 1. The van der Waals surface area contributed by atoms with Gasteiger partial charge in [-0.2, -0.15) is 0 Å². The highest BCUT2D eigenvalue weighted by Gasteiger charge is 2.39. The van der Waals surface area contributed by atoms with Crippen LogP contribution in [0.25, 0.3) is 0 Å². The summed E-state index contributed by atoms with van der Waals surface area (Å²) < 4.78 is 0.497. The molecule has 1 aromatic rings. The number of hydrogen-bond donors (Lipinski definition) is 2. The van der Waals surface area contributed by atoms with Crippen LogP contribution in [0, 0.1) is 15.5 Å². The molecular formula is C12H14BrN3O4. The lowest BCUT2D eigenvalue weighted by atomic mass is 9.66. The van der Waals surface area contributed by atoms with Gasteiger partial charge in [-0.15, -0.1) is 0 Å². The lowest BCUT2D eigenvalue weighted by Gasteiger charge is -2.41. The number of anilines is 1. The topological polar surface area (TPSA) is 105 Å². The molecular weight excluding hydrogens is 330 g/mol. The summed E-state index contributed by atoms with van der Waals surface area (Å²) in [4.78, 5) is 25.0. The van der Waals surface area contributed by atoms with Crippen molar-refractivity contribution in [2.75, 3.05) is 11.9 Å². The van der Waals surface area contributed by atoms with Crippen LogP contribution in [-0.2, 0) is 4.79 Å². The summed E-state index contributed by atoms with van der Waals surface area (Å²) in [5, 5.41) is 22.6. The van der Waals surface area contributed by atoms with Crippen LogP contribution in [-0.4, -0.2) is 27.5 Å². The Hall–Kier alpha value is -1.70. The van der Waals surface area contributed by atoms with Gasteiger partial charge in [-0.3, -0.25) is 14.9 Å². The number of halogens is 1. The van der Waals surface area contributed by atoms with Crippen molar-refractivity contribution in [2.45, 2.75) is 25.7 Å². The fourth-order valence-electron chi connectivity index (χ4n) is 2.34. The zero-order valence-electron chi connectivity index (χ0n) is 10.6. The third-order valence-electron chi connectivity index (χ3n) is 3.61. The largest absolute Gasteiger partial charge is 0.481 e. The van der Waals surface area contributed by atoms with E-state index in [2.05, 4.69) is 26.2 Å². The molecule has 8 heteroatoms. The molecule has 0 amide bonds. The standard InChI is InChI=1S/C12H14BrN3O4/c13-9-4-8(16(19)20)6-14-11(9)15-7-12(2-1-3-12)5-10(17)18/h4,6H,1-3,5,7H2,(H,14,15)(H,17,18). The molecule has 2 N–H and O–H groups in total. The molecule has 0 aromatic carbocycles. The van der Waals surface area contributed by atoms with Crippen molar-refractivity contribution in [3.63, 3.8) is 0 Å². The number of nitro groups is 1. The second kappa shape index (κ2) is 5.74. The molecule has 20 heavy (non-hydrogen) atoms. The number of pyridine rings is 1. The van der Waals surface area contributed by atoms with Gasteiger partial charge in [0.1, 0.15) is 12.0 Å². The molecule has 0 spiro atoms. The van der Waals surface area contributed by atoms with Crippen LogP contribution >= 0.6 is 15.9 Å². The fourth-order valence-corrected chi connectivity index (χ4v) is 2.82. The second-order valence-electron chi connectivity index (χ2n) is 5.06. The van der Waals surface area contributed by atoms with E-state index in [1.807, 2.05) is 0 Å². The van der Waals surface area contributed by atoms with E-state index in [0.29, 0.717) is 16.8 Å². The Balaban J connectivity index is 2.03. The highest BCUT2D eigenvalue weighted by molar-refractivity contribution is 9.10. The number of nitrogens with zero attached hydrogens (tertiary/aromatic N) is 2. The Morgan fingerprint density at radius 1 is 1.60 bits per heavy atom. The third-order valence-corrected chi connectivity index (χ3v) is 4.21. The minimum Gasteiger partial charge on any atom is -0.481 e. The molecule has 2 rings (SSSR count). The number of aromatic nitrogens is 1. The first-order valence-electron chi connectivity index (χ1n) is 6.17. The summed E-state index contributed by atoms with van der Waals surface area (Å²) in [6.45, 7) is 0.503. The lowest BCUT2D eigenvalue weighted by Crippen LogP contribution is -2.38. The molecule has 1 heterocycles. The first-order chi connectivity index (χ1) is 9.42. The van der Waals surface area contributed by atoms with Gasteiger partial charge in [-0.1, -0.05) is 6.42 Å². The van der Waals surface area contributed by atoms with E-state index in [-0.39, 0.29) is 17.5 Å². The quantitative estimate of drug-likeness (QED) is 0.607. The predicted octanol–water partition coefficient (Wildman–Crippen LogP) is 2.81. The molecule has 0 aliphatic heterocycles. The van der Waals surface area contributed by atoms with Gasteiger partial charge in [-0.25, -0.2) is 4.98 Å². The summed E-state index contributed by atoms with van der Waals surface area (Å²) >= 11 is 3.23. The van der Waals surface area contributed by atoms with Crippen LogP contribution in [0.4, 0.5) is 11.5 Å². The summed E-state index contributed by atoms with van der Waals surface area (Å²) in [5.74, 6) is -0.311. The summed E-state index contributed by atoms with van der Waals surface area (Å²) in [6.07, 6.45) is 4.08. The molecule has 1 fully saturated rings. The van der Waals surface area contributed by atoms with E-state index in [9.17, 15) is 14.9 Å². The number of rotatable bonds is 6. The summed E-state index contributed by atoms with van der Waals surface area (Å²) in [5.41, 5.74) is -0.319. The van der Waals surface area contributed by atoms with Crippen LogP contribution in [0.2, 0.25) is 0 Å². The van der Waals surface area contributed by atoms with Gasteiger partial charge >= 0.3 is 5.97 Å². The van der Waals surface area contributed by atoms with E-state index < -0.39 is 10.9 Å². The fraction of sp³-hybridized carbons (Fsp3) is 0.500. The monoisotopic (exact) mass is 343 g/mol. The molecule has 0 bridgehead atoms. The first-order valence-corrected chi connectivity index (χ1v) is 6.97. The van der Waals surface area contributed by atoms with Crippen molar-refractivity contribution in [2.24, 2.45) is 5.41 Å². The molecule has 1 aliphatic carbocycles. The third kappa shape index (κ3) is 3.24. The predicted molar refractivity (Wildman–Crippen MR) is 75.6 cm³/mol. The van der Waals surface area contributed by atoms with Gasteiger partial charge in [-0.05, 0) is 34.2 Å². The lowest BCUT2D eigenvalue weighted by molar-refractivity contribution is -0.385. The van der Waals surface area contributed by atoms with Gasteiger partial charge in [0.2, 0.25) is 0 Å².